The Balaban J connectivity index is 1.14. The molecule has 192 valence electrons. The summed E-state index contributed by atoms with van der Waals surface area (Å²) >= 11 is 0. The van der Waals surface area contributed by atoms with E-state index >= 15 is 0 Å². The molecule has 1 amide bonds. The van der Waals surface area contributed by atoms with Crippen LogP contribution in [0, 0.1) is 5.41 Å². The molecule has 9 heteroatoms. The number of morpholine rings is 1. The number of ether oxygens (including phenoxy) is 1. The van der Waals surface area contributed by atoms with Gasteiger partial charge in [-0.2, -0.15) is 10.2 Å². The SMILES string of the molecule is CC[C@]1(CCc2n[nH]c(=O)c3ccccc23)C[C@H](NC(=O)c2cnn3cccc(N4CCOCC4)c23)C1. The van der Waals surface area contributed by atoms with Gasteiger partial charge in [-0.15, -0.1) is 0 Å². The molecule has 2 aliphatic rings. The summed E-state index contributed by atoms with van der Waals surface area (Å²) in [4.78, 5) is 27.7. The van der Waals surface area contributed by atoms with Crippen molar-refractivity contribution in [1.82, 2.24) is 25.1 Å². The molecule has 3 aromatic heterocycles. The van der Waals surface area contributed by atoms with E-state index in [0.29, 0.717) is 24.2 Å². The van der Waals surface area contributed by atoms with Crippen LogP contribution in [-0.2, 0) is 11.2 Å². The third kappa shape index (κ3) is 4.37. The summed E-state index contributed by atoms with van der Waals surface area (Å²) in [6.07, 6.45) is 8.24. The predicted octanol–water partition coefficient (Wildman–Crippen LogP) is 3.33. The Morgan fingerprint density at radius 1 is 1.16 bits per heavy atom. The molecule has 37 heavy (non-hydrogen) atoms. The zero-order valence-electron chi connectivity index (χ0n) is 21.1. The zero-order chi connectivity index (χ0) is 25.4. The third-order valence-electron chi connectivity index (χ3n) is 8.23. The number of pyridine rings is 1. The second-order valence-electron chi connectivity index (χ2n) is 10.3. The van der Waals surface area contributed by atoms with Crippen molar-refractivity contribution in [3.05, 3.63) is 70.4 Å². The zero-order valence-corrected chi connectivity index (χ0v) is 21.1. The van der Waals surface area contributed by atoms with Gasteiger partial charge in [0.1, 0.15) is 5.52 Å². The lowest BCUT2D eigenvalue weighted by atomic mass is 9.61. The van der Waals surface area contributed by atoms with E-state index in [0.717, 1.165) is 67.5 Å². The van der Waals surface area contributed by atoms with Gasteiger partial charge in [0.2, 0.25) is 0 Å². The fourth-order valence-corrected chi connectivity index (χ4v) is 6.02. The van der Waals surface area contributed by atoms with Crippen molar-refractivity contribution in [3.8, 4) is 0 Å². The highest BCUT2D eigenvalue weighted by molar-refractivity contribution is 6.04. The lowest BCUT2D eigenvalue weighted by Gasteiger charge is -2.48. The van der Waals surface area contributed by atoms with E-state index in [1.165, 1.54) is 0 Å². The van der Waals surface area contributed by atoms with Crippen LogP contribution in [0.1, 0.15) is 48.7 Å². The highest BCUT2D eigenvalue weighted by Crippen LogP contribution is 2.48. The first-order valence-electron chi connectivity index (χ1n) is 13.1. The average Bonchev–Trinajstić information content (AvgIpc) is 3.36. The van der Waals surface area contributed by atoms with Gasteiger partial charge in [0, 0.05) is 30.7 Å². The summed E-state index contributed by atoms with van der Waals surface area (Å²) in [7, 11) is 0. The van der Waals surface area contributed by atoms with Crippen molar-refractivity contribution >= 4 is 27.9 Å². The number of aryl methyl sites for hydroxylation is 1. The van der Waals surface area contributed by atoms with Gasteiger partial charge < -0.3 is 15.0 Å². The summed E-state index contributed by atoms with van der Waals surface area (Å²) in [6.45, 7) is 5.18. The number of H-pyrrole nitrogens is 1. The van der Waals surface area contributed by atoms with Crippen LogP contribution in [0.5, 0.6) is 0 Å². The molecule has 1 aliphatic carbocycles. The molecule has 1 aromatic carbocycles. The number of carbonyl (C=O) groups is 1. The van der Waals surface area contributed by atoms with Gasteiger partial charge in [0.25, 0.3) is 11.5 Å². The molecule has 1 saturated carbocycles. The van der Waals surface area contributed by atoms with Crippen molar-refractivity contribution in [3.63, 3.8) is 0 Å². The number of amides is 1. The van der Waals surface area contributed by atoms with Crippen molar-refractivity contribution in [2.24, 2.45) is 5.41 Å². The molecule has 0 radical (unpaired) electrons. The lowest BCUT2D eigenvalue weighted by molar-refractivity contribution is 0.0572. The smallest absolute Gasteiger partial charge is 0.272 e. The minimum atomic E-state index is -0.152. The Kier molecular flexibility index (Phi) is 6.16. The van der Waals surface area contributed by atoms with Crippen LogP contribution in [-0.4, -0.2) is 58.1 Å². The van der Waals surface area contributed by atoms with Crippen LogP contribution in [0.2, 0.25) is 0 Å². The van der Waals surface area contributed by atoms with Gasteiger partial charge in [0.05, 0.1) is 41.7 Å². The minimum absolute atomic E-state index is 0.0706. The number of benzene rings is 1. The molecule has 0 spiro atoms. The van der Waals surface area contributed by atoms with Gasteiger partial charge in [-0.25, -0.2) is 9.61 Å². The van der Waals surface area contributed by atoms with Crippen molar-refractivity contribution in [1.29, 1.82) is 0 Å². The van der Waals surface area contributed by atoms with Crippen molar-refractivity contribution in [2.75, 3.05) is 31.2 Å². The molecule has 6 rings (SSSR count). The molecule has 1 saturated heterocycles. The summed E-state index contributed by atoms with van der Waals surface area (Å²) in [5.41, 5.74) is 3.42. The number of nitrogens with one attached hydrogen (secondary N) is 2. The summed E-state index contributed by atoms with van der Waals surface area (Å²) in [5.74, 6) is -0.0706. The molecule has 0 unspecified atom stereocenters. The van der Waals surface area contributed by atoms with E-state index in [2.05, 4.69) is 38.5 Å². The number of rotatable bonds is 7. The highest BCUT2D eigenvalue weighted by atomic mass is 16.5. The summed E-state index contributed by atoms with van der Waals surface area (Å²) in [5, 5.41) is 16.3. The Labute approximate surface area is 214 Å². The van der Waals surface area contributed by atoms with Gasteiger partial charge in [-0.1, -0.05) is 31.5 Å². The van der Waals surface area contributed by atoms with Crippen LogP contribution < -0.4 is 15.8 Å². The number of aromatic amines is 1. The van der Waals surface area contributed by atoms with Crippen LogP contribution in [0.4, 0.5) is 5.69 Å². The summed E-state index contributed by atoms with van der Waals surface area (Å²) in [6, 6.07) is 11.8. The molecule has 0 bridgehead atoms. The molecule has 2 fully saturated rings. The number of fused-ring (bicyclic) bond motifs is 2. The van der Waals surface area contributed by atoms with Gasteiger partial charge in [-0.05, 0) is 49.3 Å². The fourth-order valence-electron chi connectivity index (χ4n) is 6.02. The fraction of sp³-hybridized carbons (Fsp3) is 0.429. The lowest BCUT2D eigenvalue weighted by Crippen LogP contribution is -2.50. The second kappa shape index (κ2) is 9.63. The highest BCUT2D eigenvalue weighted by Gasteiger charge is 2.43. The molecule has 2 N–H and O–H groups in total. The first-order chi connectivity index (χ1) is 18.1. The molecular weight excluding hydrogens is 468 g/mol. The average molecular weight is 501 g/mol. The molecule has 4 aromatic rings. The molecule has 0 atom stereocenters. The van der Waals surface area contributed by atoms with Gasteiger partial charge in [0.15, 0.2) is 0 Å². The molecular formula is C28H32N6O3. The van der Waals surface area contributed by atoms with Crippen molar-refractivity contribution < 1.29 is 9.53 Å². The van der Waals surface area contributed by atoms with Crippen molar-refractivity contribution in [2.45, 2.75) is 45.1 Å². The van der Waals surface area contributed by atoms with Crippen LogP contribution in [0.15, 0.2) is 53.6 Å². The van der Waals surface area contributed by atoms with Crippen LogP contribution >= 0.6 is 0 Å². The normalized spacial score (nSPS) is 21.8. The number of hydrogen-bond donors (Lipinski definition) is 2. The molecule has 9 nitrogen and oxygen atoms in total. The number of hydrogen-bond acceptors (Lipinski definition) is 6. The van der Waals surface area contributed by atoms with E-state index in [9.17, 15) is 9.59 Å². The maximum atomic E-state index is 13.4. The monoisotopic (exact) mass is 500 g/mol. The van der Waals surface area contributed by atoms with Crippen LogP contribution in [0.25, 0.3) is 16.3 Å². The van der Waals surface area contributed by atoms with Crippen LogP contribution in [0.3, 0.4) is 0 Å². The van der Waals surface area contributed by atoms with E-state index in [4.69, 9.17) is 4.74 Å². The number of anilines is 1. The standard InChI is InChI=1S/C28H32N6O3/c1-2-28(10-9-23-20-6-3-4-7-21(20)27(36)32-31-23)16-19(17-28)30-26(35)22-18-29-34-11-5-8-24(25(22)34)33-12-14-37-15-13-33/h3-8,11,18-19H,2,9-10,12-17H2,1H3,(H,30,35)(H,32,36)/t19-,28-. The molecule has 1 aliphatic heterocycles. The van der Waals surface area contributed by atoms with E-state index in [1.54, 1.807) is 10.7 Å². The summed E-state index contributed by atoms with van der Waals surface area (Å²) < 4.78 is 7.30. The third-order valence-corrected chi connectivity index (χ3v) is 8.23. The van der Waals surface area contributed by atoms with E-state index < -0.39 is 0 Å². The maximum absolute atomic E-state index is 13.4. The molecule has 4 heterocycles. The number of carbonyl (C=O) groups excluding carboxylic acids is 1. The van der Waals surface area contributed by atoms with E-state index in [-0.39, 0.29) is 22.9 Å². The van der Waals surface area contributed by atoms with Gasteiger partial charge in [-0.3, -0.25) is 9.59 Å². The maximum Gasteiger partial charge on any atom is 0.272 e. The number of aromatic nitrogens is 4. The van der Waals surface area contributed by atoms with E-state index in [1.807, 2.05) is 36.5 Å². The first kappa shape index (κ1) is 23.7. The Morgan fingerprint density at radius 2 is 1.95 bits per heavy atom. The Bertz CT molecular complexity index is 1500. The Hall–Kier alpha value is -3.72. The van der Waals surface area contributed by atoms with Gasteiger partial charge >= 0.3 is 0 Å². The largest absolute Gasteiger partial charge is 0.378 e. The number of nitrogens with zero attached hydrogens (tertiary/aromatic N) is 4. The second-order valence-corrected chi connectivity index (χ2v) is 10.3. The Morgan fingerprint density at radius 3 is 2.73 bits per heavy atom. The predicted molar refractivity (Wildman–Crippen MR) is 142 cm³/mol. The quantitative estimate of drug-likeness (QED) is 0.403. The first-order valence-corrected chi connectivity index (χ1v) is 13.1. The minimum Gasteiger partial charge on any atom is -0.378 e. The topological polar surface area (TPSA) is 105 Å².